The summed E-state index contributed by atoms with van der Waals surface area (Å²) < 4.78 is 45.0. The first-order valence-corrected chi connectivity index (χ1v) is 6.84. The van der Waals surface area contributed by atoms with E-state index in [0.717, 1.165) is 31.2 Å². The summed E-state index contributed by atoms with van der Waals surface area (Å²) in [6, 6.07) is 5.75. The quantitative estimate of drug-likeness (QED) is 0.791. The van der Waals surface area contributed by atoms with E-state index >= 15 is 0 Å². The molecule has 2 atom stereocenters. The first kappa shape index (κ1) is 15.7. The molecule has 1 fully saturated rings. The molecule has 6 heteroatoms. The van der Waals surface area contributed by atoms with Gasteiger partial charge in [-0.1, -0.05) is 25.0 Å². The monoisotopic (exact) mass is 302 g/mol. The van der Waals surface area contributed by atoms with Crippen molar-refractivity contribution in [3.05, 3.63) is 29.8 Å². The van der Waals surface area contributed by atoms with E-state index in [1.807, 2.05) is 0 Å². The van der Waals surface area contributed by atoms with Crippen LogP contribution in [0.25, 0.3) is 0 Å². The zero-order valence-corrected chi connectivity index (χ0v) is 11.7. The van der Waals surface area contributed by atoms with Gasteiger partial charge in [0, 0.05) is 0 Å². The van der Waals surface area contributed by atoms with E-state index in [0.29, 0.717) is 0 Å². The molecule has 0 N–H and O–H groups in total. The molecule has 0 bridgehead atoms. The van der Waals surface area contributed by atoms with Crippen LogP contribution in [0.1, 0.15) is 37.2 Å². The Hall–Kier alpha value is -1.72. The summed E-state index contributed by atoms with van der Waals surface area (Å²) in [5.74, 6) is -0.740. The minimum Gasteiger partial charge on any atom is -0.469 e. The number of halogens is 3. The van der Waals surface area contributed by atoms with Gasteiger partial charge in [-0.05, 0) is 36.5 Å². The lowest BCUT2D eigenvalue weighted by molar-refractivity contribution is -0.274. The van der Waals surface area contributed by atoms with Gasteiger partial charge in [0.15, 0.2) is 0 Å². The van der Waals surface area contributed by atoms with Crippen molar-refractivity contribution in [2.75, 3.05) is 7.11 Å². The Labute approximate surface area is 121 Å². The molecule has 0 aliphatic heterocycles. The van der Waals surface area contributed by atoms with Crippen molar-refractivity contribution in [3.8, 4) is 5.75 Å². The Balaban J connectivity index is 2.14. The highest BCUT2D eigenvalue weighted by Crippen LogP contribution is 2.39. The van der Waals surface area contributed by atoms with Crippen LogP contribution in [0.15, 0.2) is 24.3 Å². The lowest BCUT2D eigenvalue weighted by Crippen LogP contribution is -2.26. The number of carbonyl (C=O) groups excluding carboxylic acids is 1. The number of hydrogen-bond acceptors (Lipinski definition) is 3. The number of esters is 1. The van der Waals surface area contributed by atoms with Crippen LogP contribution >= 0.6 is 0 Å². The summed E-state index contributed by atoms with van der Waals surface area (Å²) in [5, 5.41) is 0. The third kappa shape index (κ3) is 4.12. The van der Waals surface area contributed by atoms with Crippen molar-refractivity contribution in [1.29, 1.82) is 0 Å². The van der Waals surface area contributed by atoms with Gasteiger partial charge in [-0.2, -0.15) is 0 Å². The first-order valence-electron chi connectivity index (χ1n) is 6.84. The van der Waals surface area contributed by atoms with Gasteiger partial charge in [-0.15, -0.1) is 13.2 Å². The van der Waals surface area contributed by atoms with Crippen LogP contribution in [0.5, 0.6) is 5.75 Å². The van der Waals surface area contributed by atoms with Crippen LogP contribution in [0, 0.1) is 5.92 Å². The third-order valence-electron chi connectivity index (χ3n) is 3.81. The highest BCUT2D eigenvalue weighted by molar-refractivity contribution is 5.73. The van der Waals surface area contributed by atoms with Crippen molar-refractivity contribution in [2.24, 2.45) is 5.92 Å². The maximum absolute atomic E-state index is 12.1. The van der Waals surface area contributed by atoms with Gasteiger partial charge in [-0.25, -0.2) is 0 Å². The predicted molar refractivity (Wildman–Crippen MR) is 69.8 cm³/mol. The predicted octanol–water partition coefficient (Wildman–Crippen LogP) is 4.03. The van der Waals surface area contributed by atoms with Crippen molar-refractivity contribution in [2.45, 2.75) is 38.0 Å². The van der Waals surface area contributed by atoms with E-state index in [4.69, 9.17) is 4.74 Å². The number of hydrogen-bond donors (Lipinski definition) is 0. The first-order chi connectivity index (χ1) is 9.90. The summed E-state index contributed by atoms with van der Waals surface area (Å²) in [6.45, 7) is 0. The van der Waals surface area contributed by atoms with Crippen molar-refractivity contribution >= 4 is 5.97 Å². The molecule has 0 heterocycles. The molecule has 1 aliphatic rings. The highest BCUT2D eigenvalue weighted by Gasteiger charge is 2.33. The van der Waals surface area contributed by atoms with E-state index in [-0.39, 0.29) is 23.6 Å². The van der Waals surface area contributed by atoms with E-state index in [1.54, 1.807) is 12.1 Å². The molecule has 0 unspecified atom stereocenters. The summed E-state index contributed by atoms with van der Waals surface area (Å²) in [5.41, 5.74) is 0.847. The molecule has 116 valence electrons. The van der Waals surface area contributed by atoms with Gasteiger partial charge in [0.1, 0.15) is 5.75 Å². The summed E-state index contributed by atoms with van der Waals surface area (Å²) in [4.78, 5) is 11.8. The Morgan fingerprint density at radius 2 is 1.76 bits per heavy atom. The molecule has 1 saturated carbocycles. The number of methoxy groups -OCH3 is 1. The van der Waals surface area contributed by atoms with Gasteiger partial charge in [0.25, 0.3) is 0 Å². The molecule has 2 rings (SSSR count). The van der Waals surface area contributed by atoms with Gasteiger partial charge < -0.3 is 9.47 Å². The molecule has 0 saturated heterocycles. The number of benzene rings is 1. The number of rotatable bonds is 3. The standard InChI is InChI=1S/C15H17F3O3/c1-20-14(19)13-5-3-2-4-12(13)10-6-8-11(9-7-10)21-15(16,17)18/h6-9,12-13H,2-5H2,1H3/t12-,13-/m0/s1. The Kier molecular flexibility index (Phi) is 4.75. The average molecular weight is 302 g/mol. The molecule has 1 aliphatic carbocycles. The Bertz CT molecular complexity index is 482. The fraction of sp³-hybridized carbons (Fsp3) is 0.533. The zero-order chi connectivity index (χ0) is 15.5. The van der Waals surface area contributed by atoms with Gasteiger partial charge in [0.05, 0.1) is 13.0 Å². The smallest absolute Gasteiger partial charge is 0.469 e. The lowest BCUT2D eigenvalue weighted by atomic mass is 9.75. The van der Waals surface area contributed by atoms with Crippen LogP contribution in [0.2, 0.25) is 0 Å². The molecule has 1 aromatic rings. The van der Waals surface area contributed by atoms with Crippen LogP contribution in [0.3, 0.4) is 0 Å². The second kappa shape index (κ2) is 6.37. The normalized spacial score (nSPS) is 22.7. The minimum absolute atomic E-state index is 0.00821. The zero-order valence-electron chi connectivity index (χ0n) is 11.7. The lowest BCUT2D eigenvalue weighted by Gasteiger charge is -2.30. The molecule has 0 spiro atoms. The van der Waals surface area contributed by atoms with Crippen molar-refractivity contribution < 1.29 is 27.4 Å². The van der Waals surface area contributed by atoms with E-state index < -0.39 is 6.36 Å². The molecule has 1 aromatic carbocycles. The highest BCUT2D eigenvalue weighted by atomic mass is 19.4. The molecule has 3 nitrogen and oxygen atoms in total. The van der Waals surface area contributed by atoms with E-state index in [9.17, 15) is 18.0 Å². The van der Waals surface area contributed by atoms with Crippen LogP contribution < -0.4 is 4.74 Å². The van der Waals surface area contributed by atoms with Crippen molar-refractivity contribution in [3.63, 3.8) is 0 Å². The Morgan fingerprint density at radius 1 is 1.14 bits per heavy atom. The summed E-state index contributed by atoms with van der Waals surface area (Å²) in [7, 11) is 1.36. The third-order valence-corrected chi connectivity index (χ3v) is 3.81. The second-order valence-electron chi connectivity index (χ2n) is 5.14. The molecular weight excluding hydrogens is 285 g/mol. The maximum atomic E-state index is 12.1. The molecule has 0 aromatic heterocycles. The maximum Gasteiger partial charge on any atom is 0.573 e. The van der Waals surface area contributed by atoms with Crippen LogP contribution in [-0.2, 0) is 9.53 Å². The summed E-state index contributed by atoms with van der Waals surface area (Å²) in [6.07, 6.45) is -1.15. The van der Waals surface area contributed by atoms with E-state index in [1.165, 1.54) is 19.2 Å². The van der Waals surface area contributed by atoms with Crippen molar-refractivity contribution in [1.82, 2.24) is 0 Å². The number of ether oxygens (including phenoxy) is 2. The van der Waals surface area contributed by atoms with Gasteiger partial charge in [0.2, 0.25) is 0 Å². The largest absolute Gasteiger partial charge is 0.573 e. The molecule has 0 amide bonds. The van der Waals surface area contributed by atoms with E-state index in [2.05, 4.69) is 4.74 Å². The number of carbonyl (C=O) groups is 1. The number of alkyl halides is 3. The fourth-order valence-electron chi connectivity index (χ4n) is 2.88. The van der Waals surface area contributed by atoms with Crippen LogP contribution in [-0.4, -0.2) is 19.4 Å². The molecule has 0 radical (unpaired) electrons. The second-order valence-corrected chi connectivity index (χ2v) is 5.14. The van der Waals surface area contributed by atoms with Gasteiger partial charge in [-0.3, -0.25) is 4.79 Å². The average Bonchev–Trinajstić information content (AvgIpc) is 2.45. The summed E-state index contributed by atoms with van der Waals surface area (Å²) >= 11 is 0. The molecular formula is C15H17F3O3. The Morgan fingerprint density at radius 3 is 2.33 bits per heavy atom. The molecule has 21 heavy (non-hydrogen) atoms. The fourth-order valence-corrected chi connectivity index (χ4v) is 2.88. The van der Waals surface area contributed by atoms with Gasteiger partial charge >= 0.3 is 12.3 Å². The van der Waals surface area contributed by atoms with Crippen LogP contribution in [0.4, 0.5) is 13.2 Å². The SMILES string of the molecule is COC(=O)[C@H]1CCCC[C@H]1c1ccc(OC(F)(F)F)cc1. The topological polar surface area (TPSA) is 35.5 Å². The minimum atomic E-state index is -4.69.